The second-order valence-electron chi connectivity index (χ2n) is 7.73. The molecule has 1 unspecified atom stereocenters. The molecule has 1 atom stereocenters. The zero-order chi connectivity index (χ0) is 15.2. The van der Waals surface area contributed by atoms with Crippen LogP contribution in [0, 0.1) is 18.3 Å². The van der Waals surface area contributed by atoms with Crippen molar-refractivity contribution in [1.29, 1.82) is 0 Å². The van der Waals surface area contributed by atoms with E-state index < -0.39 is 0 Å². The largest absolute Gasteiger partial charge is 0.327 e. The van der Waals surface area contributed by atoms with Crippen molar-refractivity contribution < 1.29 is 0 Å². The summed E-state index contributed by atoms with van der Waals surface area (Å²) in [6.07, 6.45) is 8.77. The van der Waals surface area contributed by atoms with Gasteiger partial charge in [0.2, 0.25) is 0 Å². The Morgan fingerprint density at radius 1 is 1.23 bits per heavy atom. The van der Waals surface area contributed by atoms with E-state index in [1.807, 2.05) is 0 Å². The van der Waals surface area contributed by atoms with Crippen molar-refractivity contribution in [1.82, 2.24) is 14.9 Å². The van der Waals surface area contributed by atoms with Gasteiger partial charge in [0.1, 0.15) is 0 Å². The summed E-state index contributed by atoms with van der Waals surface area (Å²) in [6, 6.07) is 7.29. The third-order valence-corrected chi connectivity index (χ3v) is 6.21. The molecule has 1 aromatic heterocycles. The summed E-state index contributed by atoms with van der Waals surface area (Å²) in [4.78, 5) is 4.62. The highest BCUT2D eigenvalue weighted by Crippen LogP contribution is 2.45. The van der Waals surface area contributed by atoms with Crippen LogP contribution in [-0.2, 0) is 0 Å². The van der Waals surface area contributed by atoms with E-state index in [4.69, 9.17) is 0 Å². The summed E-state index contributed by atoms with van der Waals surface area (Å²) in [6.45, 7) is 7.06. The molecule has 1 saturated heterocycles. The number of benzene rings is 1. The summed E-state index contributed by atoms with van der Waals surface area (Å²) in [5, 5.41) is 3.56. The predicted octanol–water partition coefficient (Wildman–Crippen LogP) is 4.08. The lowest BCUT2D eigenvalue weighted by atomic mass is 9.68. The van der Waals surface area contributed by atoms with Crippen LogP contribution < -0.4 is 5.32 Å². The van der Waals surface area contributed by atoms with Crippen molar-refractivity contribution in [2.24, 2.45) is 11.3 Å². The molecule has 3 heteroatoms. The summed E-state index contributed by atoms with van der Waals surface area (Å²) >= 11 is 0. The molecule has 1 saturated carbocycles. The number of imidazole rings is 1. The lowest BCUT2D eigenvalue weighted by molar-refractivity contribution is 0.136. The van der Waals surface area contributed by atoms with Gasteiger partial charge in [0, 0.05) is 12.6 Å². The predicted molar refractivity (Wildman–Crippen MR) is 91.1 cm³/mol. The first-order valence-electron chi connectivity index (χ1n) is 8.80. The number of fused-ring (bicyclic) bond motifs is 1. The van der Waals surface area contributed by atoms with Crippen LogP contribution in [-0.4, -0.2) is 22.6 Å². The van der Waals surface area contributed by atoms with Gasteiger partial charge in [0.25, 0.3) is 0 Å². The van der Waals surface area contributed by atoms with Crippen molar-refractivity contribution in [3.63, 3.8) is 0 Å². The first-order valence-corrected chi connectivity index (χ1v) is 8.80. The number of rotatable bonds is 2. The molecule has 3 nitrogen and oxygen atoms in total. The van der Waals surface area contributed by atoms with Gasteiger partial charge < -0.3 is 9.88 Å². The monoisotopic (exact) mass is 297 g/mol. The third kappa shape index (κ3) is 2.36. The number of aromatic nitrogens is 2. The zero-order valence-electron chi connectivity index (χ0n) is 13.8. The fourth-order valence-corrected chi connectivity index (χ4v) is 4.67. The maximum atomic E-state index is 4.62. The Morgan fingerprint density at radius 2 is 2.05 bits per heavy atom. The molecule has 0 spiro atoms. The van der Waals surface area contributed by atoms with E-state index in [1.54, 1.807) is 0 Å². The van der Waals surface area contributed by atoms with Gasteiger partial charge >= 0.3 is 0 Å². The van der Waals surface area contributed by atoms with Crippen molar-refractivity contribution in [2.45, 2.75) is 52.0 Å². The maximum Gasteiger partial charge on any atom is 0.0960 e. The first-order chi connectivity index (χ1) is 10.7. The summed E-state index contributed by atoms with van der Waals surface area (Å²) in [5.74, 6) is 0.899. The molecular formula is C19H27N3. The molecule has 2 heterocycles. The highest BCUT2D eigenvalue weighted by molar-refractivity contribution is 5.76. The zero-order valence-corrected chi connectivity index (χ0v) is 13.8. The quantitative estimate of drug-likeness (QED) is 0.905. The van der Waals surface area contributed by atoms with Crippen LogP contribution in [0.2, 0.25) is 0 Å². The molecular weight excluding hydrogens is 270 g/mol. The van der Waals surface area contributed by atoms with Crippen LogP contribution in [0.4, 0.5) is 0 Å². The third-order valence-electron chi connectivity index (χ3n) is 6.21. The molecule has 1 aliphatic carbocycles. The highest BCUT2D eigenvalue weighted by atomic mass is 15.1. The Morgan fingerprint density at radius 3 is 2.77 bits per heavy atom. The van der Waals surface area contributed by atoms with E-state index in [-0.39, 0.29) is 0 Å². The lowest BCUT2D eigenvalue weighted by Crippen LogP contribution is -2.33. The fraction of sp³-hybridized carbons (Fsp3) is 0.632. The molecule has 1 N–H and O–H groups in total. The van der Waals surface area contributed by atoms with Gasteiger partial charge in [0.05, 0.1) is 17.4 Å². The van der Waals surface area contributed by atoms with Crippen LogP contribution in [0.25, 0.3) is 11.0 Å². The normalized spacial score (nSPS) is 32.6. The van der Waals surface area contributed by atoms with Crippen LogP contribution in [0.5, 0.6) is 0 Å². The van der Waals surface area contributed by atoms with Gasteiger partial charge in [-0.2, -0.15) is 0 Å². The molecule has 0 radical (unpaired) electrons. The minimum Gasteiger partial charge on any atom is -0.327 e. The van der Waals surface area contributed by atoms with E-state index in [1.165, 1.54) is 56.3 Å². The molecule has 2 aliphatic rings. The van der Waals surface area contributed by atoms with Gasteiger partial charge in [-0.15, -0.1) is 0 Å². The van der Waals surface area contributed by atoms with E-state index in [0.717, 1.165) is 11.4 Å². The molecule has 0 bridgehead atoms. The van der Waals surface area contributed by atoms with Gasteiger partial charge in [-0.05, 0) is 74.6 Å². The number of hydrogen-bond acceptors (Lipinski definition) is 2. The average Bonchev–Trinajstić information content (AvgIpc) is 3.14. The van der Waals surface area contributed by atoms with Crippen molar-refractivity contribution in [2.75, 3.05) is 13.1 Å². The molecule has 22 heavy (non-hydrogen) atoms. The van der Waals surface area contributed by atoms with Crippen molar-refractivity contribution in [3.05, 3.63) is 30.1 Å². The first kappa shape index (κ1) is 14.3. The van der Waals surface area contributed by atoms with Gasteiger partial charge in [-0.25, -0.2) is 4.98 Å². The van der Waals surface area contributed by atoms with Gasteiger partial charge in [0.15, 0.2) is 0 Å². The molecule has 2 fully saturated rings. The molecule has 4 rings (SSSR count). The topological polar surface area (TPSA) is 29.9 Å². The number of nitrogens with zero attached hydrogens (tertiary/aromatic N) is 2. The van der Waals surface area contributed by atoms with Crippen LogP contribution >= 0.6 is 0 Å². The minimum absolute atomic E-state index is 0.541. The SMILES string of the molecule is Cc1ccc2c(c1)ncn2C1CCC(C2(C)CCNC2)CC1. The van der Waals surface area contributed by atoms with Crippen molar-refractivity contribution in [3.8, 4) is 0 Å². The molecule has 0 amide bonds. The van der Waals surface area contributed by atoms with E-state index >= 15 is 0 Å². The number of nitrogens with one attached hydrogen (secondary N) is 1. The Labute approximate surface area is 133 Å². The lowest BCUT2D eigenvalue weighted by Gasteiger charge is -2.39. The smallest absolute Gasteiger partial charge is 0.0960 e. The van der Waals surface area contributed by atoms with Crippen LogP contribution in [0.3, 0.4) is 0 Å². The van der Waals surface area contributed by atoms with Gasteiger partial charge in [-0.1, -0.05) is 13.0 Å². The molecule has 1 aliphatic heterocycles. The van der Waals surface area contributed by atoms with Crippen LogP contribution in [0.1, 0.15) is 50.6 Å². The Hall–Kier alpha value is -1.35. The Balaban J connectivity index is 1.51. The van der Waals surface area contributed by atoms with Gasteiger partial charge in [-0.3, -0.25) is 0 Å². The fourth-order valence-electron chi connectivity index (χ4n) is 4.67. The second-order valence-corrected chi connectivity index (χ2v) is 7.73. The summed E-state index contributed by atoms with van der Waals surface area (Å²) in [5.41, 5.74) is 4.29. The molecule has 1 aromatic carbocycles. The summed E-state index contributed by atoms with van der Waals surface area (Å²) in [7, 11) is 0. The minimum atomic E-state index is 0.541. The molecule has 118 valence electrons. The average molecular weight is 297 g/mol. The van der Waals surface area contributed by atoms with Crippen molar-refractivity contribution >= 4 is 11.0 Å². The van der Waals surface area contributed by atoms with E-state index in [0.29, 0.717) is 11.5 Å². The Kier molecular flexibility index (Phi) is 3.48. The maximum absolute atomic E-state index is 4.62. The number of aryl methyl sites for hydroxylation is 1. The number of hydrogen-bond donors (Lipinski definition) is 1. The van der Waals surface area contributed by atoms with Crippen LogP contribution in [0.15, 0.2) is 24.5 Å². The standard InChI is InChI=1S/C19H27N3/c1-14-3-8-18-17(11-14)21-13-22(18)16-6-4-15(5-7-16)19(2)9-10-20-12-19/h3,8,11,13,15-16,20H,4-7,9-10,12H2,1-2H3. The second kappa shape index (κ2) is 5.38. The molecule has 2 aromatic rings. The highest BCUT2D eigenvalue weighted by Gasteiger charge is 2.39. The van der Waals surface area contributed by atoms with E-state index in [9.17, 15) is 0 Å². The Bertz CT molecular complexity index is 658. The summed E-state index contributed by atoms with van der Waals surface area (Å²) < 4.78 is 2.43. The van der Waals surface area contributed by atoms with E-state index in [2.05, 4.69) is 53.2 Å².